The first kappa shape index (κ1) is 27.9. The molecule has 3 heterocycles. The van der Waals surface area contributed by atoms with Crippen molar-refractivity contribution in [3.63, 3.8) is 0 Å². The largest absolute Gasteiger partial charge is 0.416 e. The minimum absolute atomic E-state index is 0.0177. The van der Waals surface area contributed by atoms with E-state index in [2.05, 4.69) is 22.4 Å². The fourth-order valence-electron chi connectivity index (χ4n) is 6.07. The number of carbonyl (C=O) groups is 1. The summed E-state index contributed by atoms with van der Waals surface area (Å²) in [4.78, 5) is 15.1. The standard InChI is InChI=1S/C30H34F3N5O3/c1-29(7-4-8-29)34-15-19-11-24-25(26(12-19)30(31,32)33)16-38(28(24)39)21-6-3-5-20(13-21)23(27-36-35-18-37(27)2)14-22-17-40-9-10-41-22/h3,5-6,11-13,18,22-23,34H,4,7-10,14-17H2,1-2H3/t22-,23-/m1/s1. The zero-order valence-electron chi connectivity index (χ0n) is 23.2. The molecule has 1 aromatic heterocycles. The molecular weight excluding hydrogens is 535 g/mol. The van der Waals surface area contributed by atoms with E-state index in [9.17, 15) is 18.0 Å². The second-order valence-corrected chi connectivity index (χ2v) is 11.6. The summed E-state index contributed by atoms with van der Waals surface area (Å²) in [6, 6.07) is 10.2. The molecule has 3 aliphatic rings. The lowest BCUT2D eigenvalue weighted by atomic mass is 9.78. The highest BCUT2D eigenvalue weighted by Crippen LogP contribution is 2.41. The van der Waals surface area contributed by atoms with Gasteiger partial charge in [0.2, 0.25) is 0 Å². The van der Waals surface area contributed by atoms with Crippen LogP contribution in [0, 0.1) is 0 Å². The molecule has 1 N–H and O–H groups in total. The second-order valence-electron chi connectivity index (χ2n) is 11.6. The number of hydrogen-bond acceptors (Lipinski definition) is 6. The molecule has 6 rings (SSSR count). The summed E-state index contributed by atoms with van der Waals surface area (Å²) in [5, 5.41) is 11.8. The number of aryl methyl sites for hydroxylation is 1. The predicted molar refractivity (Wildman–Crippen MR) is 146 cm³/mol. The number of nitrogens with one attached hydrogen (secondary N) is 1. The van der Waals surface area contributed by atoms with Gasteiger partial charge in [0, 0.05) is 36.3 Å². The normalized spacial score (nSPS) is 21.0. The van der Waals surface area contributed by atoms with Crippen LogP contribution in [0.1, 0.15) is 77.0 Å². The van der Waals surface area contributed by atoms with Gasteiger partial charge < -0.3 is 24.3 Å². The van der Waals surface area contributed by atoms with Crippen LogP contribution in [-0.2, 0) is 35.8 Å². The van der Waals surface area contributed by atoms with E-state index < -0.39 is 17.6 Å². The van der Waals surface area contributed by atoms with Crippen molar-refractivity contribution in [1.82, 2.24) is 20.1 Å². The summed E-state index contributed by atoms with van der Waals surface area (Å²) < 4.78 is 56.0. The summed E-state index contributed by atoms with van der Waals surface area (Å²) in [5.41, 5.74) is 1.18. The maximum absolute atomic E-state index is 14.2. The summed E-state index contributed by atoms with van der Waals surface area (Å²) in [7, 11) is 1.86. The van der Waals surface area contributed by atoms with E-state index in [0.717, 1.165) is 30.7 Å². The zero-order valence-corrected chi connectivity index (χ0v) is 23.2. The van der Waals surface area contributed by atoms with Crippen LogP contribution in [0.3, 0.4) is 0 Å². The Labute approximate surface area is 236 Å². The van der Waals surface area contributed by atoms with E-state index in [1.807, 2.05) is 29.8 Å². The Hall–Kier alpha value is -3.28. The van der Waals surface area contributed by atoms with Crippen LogP contribution < -0.4 is 10.2 Å². The summed E-state index contributed by atoms with van der Waals surface area (Å²) in [6.45, 7) is 3.74. The fourth-order valence-corrected chi connectivity index (χ4v) is 6.07. The Kier molecular flexibility index (Phi) is 7.37. The van der Waals surface area contributed by atoms with Crippen LogP contribution in [0.25, 0.3) is 0 Å². The van der Waals surface area contributed by atoms with Crippen molar-refractivity contribution in [3.8, 4) is 0 Å². The minimum atomic E-state index is -4.57. The first-order valence-corrected chi connectivity index (χ1v) is 14.0. The summed E-state index contributed by atoms with van der Waals surface area (Å²) >= 11 is 0. The Morgan fingerprint density at radius 2 is 2.02 bits per heavy atom. The average Bonchev–Trinajstić information content (AvgIpc) is 3.51. The van der Waals surface area contributed by atoms with Gasteiger partial charge in [0.1, 0.15) is 12.2 Å². The number of halogens is 3. The molecule has 2 atom stereocenters. The third-order valence-corrected chi connectivity index (χ3v) is 8.61. The lowest BCUT2D eigenvalue weighted by molar-refractivity contribution is -0.138. The van der Waals surface area contributed by atoms with Crippen molar-refractivity contribution in [1.29, 1.82) is 0 Å². The van der Waals surface area contributed by atoms with Gasteiger partial charge in [0.25, 0.3) is 5.91 Å². The van der Waals surface area contributed by atoms with Gasteiger partial charge in [-0.2, -0.15) is 13.2 Å². The molecule has 41 heavy (non-hydrogen) atoms. The second kappa shape index (κ2) is 10.8. The molecule has 2 aliphatic heterocycles. The van der Waals surface area contributed by atoms with Crippen molar-refractivity contribution in [3.05, 3.63) is 76.4 Å². The van der Waals surface area contributed by atoms with Gasteiger partial charge in [0.15, 0.2) is 0 Å². The van der Waals surface area contributed by atoms with E-state index in [4.69, 9.17) is 9.47 Å². The van der Waals surface area contributed by atoms with Crippen LogP contribution in [0.2, 0.25) is 0 Å². The molecule has 0 spiro atoms. The molecule has 0 radical (unpaired) electrons. The molecule has 2 fully saturated rings. The highest BCUT2D eigenvalue weighted by atomic mass is 19.4. The van der Waals surface area contributed by atoms with Crippen LogP contribution in [0.4, 0.5) is 18.9 Å². The molecule has 2 aromatic carbocycles. The number of nitrogens with zero attached hydrogens (tertiary/aromatic N) is 4. The van der Waals surface area contributed by atoms with E-state index in [-0.39, 0.29) is 41.8 Å². The Bertz CT molecular complexity index is 1430. The van der Waals surface area contributed by atoms with E-state index in [1.54, 1.807) is 18.5 Å². The van der Waals surface area contributed by atoms with E-state index in [0.29, 0.717) is 37.5 Å². The molecule has 1 saturated carbocycles. The van der Waals surface area contributed by atoms with Gasteiger partial charge in [-0.15, -0.1) is 10.2 Å². The number of fused-ring (bicyclic) bond motifs is 1. The van der Waals surface area contributed by atoms with Gasteiger partial charge in [-0.3, -0.25) is 4.79 Å². The van der Waals surface area contributed by atoms with Crippen molar-refractivity contribution < 1.29 is 27.4 Å². The Morgan fingerprint density at radius 1 is 1.20 bits per heavy atom. The van der Waals surface area contributed by atoms with Crippen LogP contribution in [0.5, 0.6) is 0 Å². The van der Waals surface area contributed by atoms with Crippen LogP contribution in [0.15, 0.2) is 42.7 Å². The monoisotopic (exact) mass is 569 g/mol. The molecule has 1 aliphatic carbocycles. The maximum Gasteiger partial charge on any atom is 0.416 e. The highest BCUT2D eigenvalue weighted by Gasteiger charge is 2.41. The molecular formula is C30H34F3N5O3. The molecule has 0 bridgehead atoms. The van der Waals surface area contributed by atoms with Gasteiger partial charge in [0.05, 0.1) is 38.0 Å². The number of ether oxygens (including phenoxy) is 2. The van der Waals surface area contributed by atoms with Crippen molar-refractivity contribution in [2.75, 3.05) is 24.7 Å². The van der Waals surface area contributed by atoms with Gasteiger partial charge in [-0.1, -0.05) is 12.1 Å². The average molecular weight is 570 g/mol. The third kappa shape index (κ3) is 5.62. The molecule has 1 amide bonds. The van der Waals surface area contributed by atoms with E-state index >= 15 is 0 Å². The third-order valence-electron chi connectivity index (χ3n) is 8.61. The summed E-state index contributed by atoms with van der Waals surface area (Å²) in [5.74, 6) is 0.0770. The molecule has 8 nitrogen and oxygen atoms in total. The van der Waals surface area contributed by atoms with Crippen molar-refractivity contribution >= 4 is 11.6 Å². The Balaban J connectivity index is 1.31. The molecule has 0 unspecified atom stereocenters. The lowest BCUT2D eigenvalue weighted by Gasteiger charge is -2.39. The molecule has 11 heteroatoms. The Morgan fingerprint density at radius 3 is 2.68 bits per heavy atom. The maximum atomic E-state index is 14.2. The molecule has 218 valence electrons. The SMILES string of the molecule is Cn1cnnc1[C@H](C[C@@H]1COCCO1)c1cccc(N2Cc3c(cc(CNC4(C)CCC4)cc3C(F)(F)F)C2=O)c1. The number of aromatic nitrogens is 3. The first-order chi connectivity index (χ1) is 19.6. The van der Waals surface area contributed by atoms with Crippen molar-refractivity contribution in [2.45, 2.75) is 69.4 Å². The number of amides is 1. The van der Waals surface area contributed by atoms with Gasteiger partial charge >= 0.3 is 6.18 Å². The summed E-state index contributed by atoms with van der Waals surface area (Å²) in [6.07, 6.45) is 0.573. The minimum Gasteiger partial charge on any atom is -0.376 e. The first-order valence-electron chi connectivity index (χ1n) is 14.0. The fraction of sp³-hybridized carbons (Fsp3) is 0.500. The molecule has 3 aromatic rings. The number of anilines is 1. The van der Waals surface area contributed by atoms with Crippen LogP contribution in [-0.4, -0.2) is 52.1 Å². The topological polar surface area (TPSA) is 81.5 Å². The van der Waals surface area contributed by atoms with Crippen LogP contribution >= 0.6 is 0 Å². The number of alkyl halides is 3. The van der Waals surface area contributed by atoms with Crippen molar-refractivity contribution in [2.24, 2.45) is 7.05 Å². The number of hydrogen-bond donors (Lipinski definition) is 1. The smallest absolute Gasteiger partial charge is 0.376 e. The number of benzene rings is 2. The van der Waals surface area contributed by atoms with Gasteiger partial charge in [-0.25, -0.2) is 0 Å². The number of rotatable bonds is 8. The zero-order chi connectivity index (χ0) is 28.8. The van der Waals surface area contributed by atoms with E-state index in [1.165, 1.54) is 11.0 Å². The number of carbonyl (C=O) groups excluding carboxylic acids is 1. The van der Waals surface area contributed by atoms with Gasteiger partial charge in [-0.05, 0) is 73.6 Å². The lowest BCUT2D eigenvalue weighted by Crippen LogP contribution is -2.47. The highest BCUT2D eigenvalue weighted by molar-refractivity contribution is 6.10. The quantitative estimate of drug-likeness (QED) is 0.413. The predicted octanol–water partition coefficient (Wildman–Crippen LogP) is 4.96. The molecule has 1 saturated heterocycles.